The van der Waals surface area contributed by atoms with E-state index in [-0.39, 0.29) is 11.3 Å². The zero-order valence-corrected chi connectivity index (χ0v) is 9.43. The molecule has 0 N–H and O–H groups in total. The van der Waals surface area contributed by atoms with Gasteiger partial charge in [0.05, 0.1) is 0 Å². The lowest BCUT2D eigenvalue weighted by Gasteiger charge is -2.18. The van der Waals surface area contributed by atoms with Crippen molar-refractivity contribution in [3.63, 3.8) is 0 Å². The Morgan fingerprint density at radius 1 is 1.19 bits per heavy atom. The quantitative estimate of drug-likeness (QED) is 0.781. The fraction of sp³-hybridized carbons (Fsp3) is 0.545. The lowest BCUT2D eigenvalue weighted by molar-refractivity contribution is -0.154. The standard InChI is InChI=1S/C11H14F3NO/c1-10(2,3)8-4-5-9(15-6-8)16-7-11(12,13)14/h4-6H,7H2,1-3H3. The minimum absolute atomic E-state index is 0.00896. The van der Waals surface area contributed by atoms with E-state index in [1.807, 2.05) is 20.8 Å². The van der Waals surface area contributed by atoms with Crippen LogP contribution in [0.2, 0.25) is 0 Å². The number of hydrogen-bond acceptors (Lipinski definition) is 2. The number of aromatic nitrogens is 1. The van der Waals surface area contributed by atoms with Crippen molar-refractivity contribution in [3.8, 4) is 5.88 Å². The second-order valence-corrected chi connectivity index (χ2v) is 4.54. The summed E-state index contributed by atoms with van der Waals surface area (Å²) in [6.45, 7) is 4.69. The van der Waals surface area contributed by atoms with Crippen molar-refractivity contribution in [2.45, 2.75) is 32.4 Å². The molecule has 0 amide bonds. The van der Waals surface area contributed by atoms with Gasteiger partial charge in [-0.25, -0.2) is 4.98 Å². The molecule has 0 radical (unpaired) electrons. The number of hydrogen-bond donors (Lipinski definition) is 0. The molecule has 16 heavy (non-hydrogen) atoms. The summed E-state index contributed by atoms with van der Waals surface area (Å²) in [5.41, 5.74) is 0.877. The van der Waals surface area contributed by atoms with Gasteiger partial charge in [-0.3, -0.25) is 0 Å². The van der Waals surface area contributed by atoms with Crippen LogP contribution in [0.3, 0.4) is 0 Å². The number of rotatable bonds is 2. The van der Waals surface area contributed by atoms with Crippen LogP contribution in [-0.2, 0) is 5.41 Å². The van der Waals surface area contributed by atoms with Crippen LogP contribution in [0, 0.1) is 0 Å². The van der Waals surface area contributed by atoms with E-state index in [9.17, 15) is 13.2 Å². The van der Waals surface area contributed by atoms with Gasteiger partial charge in [0.2, 0.25) is 5.88 Å². The predicted octanol–water partition coefficient (Wildman–Crippen LogP) is 3.32. The Morgan fingerprint density at radius 2 is 1.81 bits per heavy atom. The van der Waals surface area contributed by atoms with Crippen molar-refractivity contribution in [1.29, 1.82) is 0 Å². The highest BCUT2D eigenvalue weighted by Gasteiger charge is 2.28. The summed E-state index contributed by atoms with van der Waals surface area (Å²) in [7, 11) is 0. The molecule has 90 valence electrons. The number of pyridine rings is 1. The topological polar surface area (TPSA) is 22.1 Å². The highest BCUT2D eigenvalue weighted by atomic mass is 19.4. The number of nitrogens with zero attached hydrogens (tertiary/aromatic N) is 1. The summed E-state index contributed by atoms with van der Waals surface area (Å²) in [6.07, 6.45) is -2.80. The molecule has 0 unspecified atom stereocenters. The minimum atomic E-state index is -4.33. The molecular formula is C11H14F3NO. The van der Waals surface area contributed by atoms with Crippen LogP contribution in [0.4, 0.5) is 13.2 Å². The van der Waals surface area contributed by atoms with Gasteiger partial charge in [-0.1, -0.05) is 26.8 Å². The number of ether oxygens (including phenoxy) is 1. The van der Waals surface area contributed by atoms with Crippen LogP contribution in [-0.4, -0.2) is 17.8 Å². The maximum absolute atomic E-state index is 11.9. The first-order valence-electron chi connectivity index (χ1n) is 4.84. The summed E-state index contributed by atoms with van der Waals surface area (Å²) in [5, 5.41) is 0. The number of alkyl halides is 3. The fourth-order valence-corrected chi connectivity index (χ4v) is 1.07. The predicted molar refractivity (Wildman–Crippen MR) is 54.5 cm³/mol. The third-order valence-corrected chi connectivity index (χ3v) is 1.99. The van der Waals surface area contributed by atoms with Crippen LogP contribution in [0.15, 0.2) is 18.3 Å². The van der Waals surface area contributed by atoms with E-state index in [4.69, 9.17) is 0 Å². The van der Waals surface area contributed by atoms with Crippen LogP contribution < -0.4 is 4.74 Å². The molecule has 0 spiro atoms. The molecule has 1 heterocycles. The smallest absolute Gasteiger partial charge is 0.422 e. The molecule has 0 bridgehead atoms. The molecule has 1 aromatic heterocycles. The van der Waals surface area contributed by atoms with E-state index in [2.05, 4.69) is 9.72 Å². The van der Waals surface area contributed by atoms with Crippen molar-refractivity contribution < 1.29 is 17.9 Å². The van der Waals surface area contributed by atoms with E-state index >= 15 is 0 Å². The molecule has 0 atom stereocenters. The van der Waals surface area contributed by atoms with Crippen molar-refractivity contribution in [2.24, 2.45) is 0 Å². The molecule has 5 heteroatoms. The van der Waals surface area contributed by atoms with E-state index in [1.54, 1.807) is 6.07 Å². The maximum Gasteiger partial charge on any atom is 0.422 e. The van der Waals surface area contributed by atoms with Gasteiger partial charge in [0, 0.05) is 12.3 Å². The Labute approximate surface area is 92.5 Å². The van der Waals surface area contributed by atoms with Gasteiger partial charge in [-0.15, -0.1) is 0 Å². The van der Waals surface area contributed by atoms with E-state index in [0.29, 0.717) is 0 Å². The molecule has 0 fully saturated rings. The normalized spacial score (nSPS) is 12.6. The monoisotopic (exact) mass is 233 g/mol. The fourth-order valence-electron chi connectivity index (χ4n) is 1.07. The first-order valence-corrected chi connectivity index (χ1v) is 4.84. The molecule has 1 aromatic rings. The molecule has 2 nitrogen and oxygen atoms in total. The highest BCUT2D eigenvalue weighted by molar-refractivity contribution is 5.23. The third kappa shape index (κ3) is 4.08. The second-order valence-electron chi connectivity index (χ2n) is 4.54. The molecule has 0 aliphatic carbocycles. The van der Waals surface area contributed by atoms with Crippen molar-refractivity contribution >= 4 is 0 Å². The molecule has 0 aliphatic rings. The Bertz CT molecular complexity index is 338. The van der Waals surface area contributed by atoms with Gasteiger partial charge >= 0.3 is 6.18 Å². The molecule has 0 saturated heterocycles. The Hall–Kier alpha value is -1.26. The SMILES string of the molecule is CC(C)(C)c1ccc(OCC(F)(F)F)nc1. The lowest BCUT2D eigenvalue weighted by Crippen LogP contribution is -2.20. The van der Waals surface area contributed by atoms with E-state index in [0.717, 1.165) is 5.56 Å². The van der Waals surface area contributed by atoms with Crippen molar-refractivity contribution in [1.82, 2.24) is 4.98 Å². The summed E-state index contributed by atoms with van der Waals surface area (Å²) >= 11 is 0. The largest absolute Gasteiger partial charge is 0.468 e. The van der Waals surface area contributed by atoms with Crippen LogP contribution in [0.5, 0.6) is 5.88 Å². The van der Waals surface area contributed by atoms with Gasteiger partial charge in [0.1, 0.15) is 0 Å². The molecule has 0 aliphatic heterocycles. The Morgan fingerprint density at radius 3 is 2.19 bits per heavy atom. The van der Waals surface area contributed by atoms with Crippen LogP contribution in [0.25, 0.3) is 0 Å². The summed E-state index contributed by atoms with van der Waals surface area (Å²) < 4.78 is 40.1. The first kappa shape index (κ1) is 12.8. The summed E-state index contributed by atoms with van der Waals surface area (Å²) in [5.74, 6) is -0.00896. The Kier molecular flexibility index (Phi) is 3.45. The third-order valence-electron chi connectivity index (χ3n) is 1.99. The molecular weight excluding hydrogens is 219 g/mol. The maximum atomic E-state index is 11.9. The molecule has 0 aromatic carbocycles. The Balaban J connectivity index is 2.66. The number of halogens is 3. The van der Waals surface area contributed by atoms with Crippen LogP contribution in [0.1, 0.15) is 26.3 Å². The first-order chi connectivity index (χ1) is 7.18. The van der Waals surface area contributed by atoms with Crippen LogP contribution >= 0.6 is 0 Å². The lowest BCUT2D eigenvalue weighted by atomic mass is 9.88. The second kappa shape index (κ2) is 4.31. The average molecular weight is 233 g/mol. The molecule has 0 saturated carbocycles. The molecule has 1 rings (SSSR count). The minimum Gasteiger partial charge on any atom is -0.468 e. The van der Waals surface area contributed by atoms with Gasteiger partial charge in [0.25, 0.3) is 0 Å². The summed E-state index contributed by atoms with van der Waals surface area (Å²) in [6, 6.07) is 3.17. The van der Waals surface area contributed by atoms with E-state index < -0.39 is 12.8 Å². The van der Waals surface area contributed by atoms with Gasteiger partial charge < -0.3 is 4.74 Å². The zero-order valence-electron chi connectivity index (χ0n) is 9.43. The van der Waals surface area contributed by atoms with E-state index in [1.165, 1.54) is 12.3 Å². The van der Waals surface area contributed by atoms with Crippen molar-refractivity contribution in [2.75, 3.05) is 6.61 Å². The summed E-state index contributed by atoms with van der Waals surface area (Å²) in [4.78, 5) is 3.83. The van der Waals surface area contributed by atoms with Gasteiger partial charge in [-0.2, -0.15) is 13.2 Å². The van der Waals surface area contributed by atoms with Gasteiger partial charge in [0.15, 0.2) is 6.61 Å². The highest BCUT2D eigenvalue weighted by Crippen LogP contribution is 2.23. The van der Waals surface area contributed by atoms with Crippen molar-refractivity contribution in [3.05, 3.63) is 23.9 Å². The van der Waals surface area contributed by atoms with Gasteiger partial charge in [-0.05, 0) is 11.0 Å². The average Bonchev–Trinajstić information content (AvgIpc) is 2.13. The zero-order chi connectivity index (χ0) is 12.4.